The predicted molar refractivity (Wildman–Crippen MR) is 80.3 cm³/mol. The quantitative estimate of drug-likeness (QED) is 0.871. The number of carbonyl (C=O) groups excluding carboxylic acids is 1. The van der Waals surface area contributed by atoms with Gasteiger partial charge < -0.3 is 11.1 Å². The minimum absolute atomic E-state index is 0.0867. The highest BCUT2D eigenvalue weighted by molar-refractivity contribution is 7.12. The number of thiophene rings is 1. The number of carbonyl (C=O) groups is 1. The van der Waals surface area contributed by atoms with Crippen LogP contribution in [0.3, 0.4) is 0 Å². The van der Waals surface area contributed by atoms with E-state index in [9.17, 15) is 4.79 Å². The van der Waals surface area contributed by atoms with Crippen LogP contribution in [0.2, 0.25) is 0 Å². The first-order chi connectivity index (χ1) is 8.96. The van der Waals surface area contributed by atoms with Crippen molar-refractivity contribution in [3.05, 3.63) is 21.4 Å². The second-order valence-electron chi connectivity index (χ2n) is 5.89. The third kappa shape index (κ3) is 3.18. The van der Waals surface area contributed by atoms with Gasteiger partial charge in [0.1, 0.15) is 0 Å². The molecule has 1 fully saturated rings. The van der Waals surface area contributed by atoms with E-state index in [2.05, 4.69) is 32.2 Å². The van der Waals surface area contributed by atoms with Crippen molar-refractivity contribution < 1.29 is 4.79 Å². The van der Waals surface area contributed by atoms with Gasteiger partial charge in [-0.15, -0.1) is 11.3 Å². The maximum Gasteiger partial charge on any atom is 0.221 e. The lowest BCUT2D eigenvalue weighted by molar-refractivity contribution is -0.125. The molecule has 106 valence electrons. The molecule has 0 bridgehead atoms. The summed E-state index contributed by atoms with van der Waals surface area (Å²) >= 11 is 1.79. The van der Waals surface area contributed by atoms with Crippen molar-refractivity contribution in [2.75, 3.05) is 6.54 Å². The number of aryl methyl sites for hydroxylation is 2. The molecule has 0 saturated heterocycles. The fourth-order valence-corrected chi connectivity index (χ4v) is 3.94. The maximum absolute atomic E-state index is 12.1. The monoisotopic (exact) mass is 280 g/mol. The summed E-state index contributed by atoms with van der Waals surface area (Å²) in [6, 6.07) is 2.26. The molecule has 2 rings (SSSR count). The summed E-state index contributed by atoms with van der Waals surface area (Å²) in [6.45, 7) is 6.91. The van der Waals surface area contributed by atoms with Crippen molar-refractivity contribution in [3.8, 4) is 0 Å². The average molecular weight is 280 g/mol. The van der Waals surface area contributed by atoms with Crippen LogP contribution in [-0.2, 0) is 4.79 Å². The number of hydrogen-bond donors (Lipinski definition) is 2. The molecule has 3 N–H and O–H groups in total. The van der Waals surface area contributed by atoms with Crippen molar-refractivity contribution >= 4 is 17.2 Å². The van der Waals surface area contributed by atoms with Crippen molar-refractivity contribution in [1.82, 2.24) is 5.32 Å². The molecule has 0 aromatic carbocycles. The van der Waals surface area contributed by atoms with Crippen molar-refractivity contribution in [2.24, 2.45) is 11.1 Å². The van der Waals surface area contributed by atoms with E-state index < -0.39 is 0 Å². The van der Waals surface area contributed by atoms with Crippen LogP contribution in [-0.4, -0.2) is 12.5 Å². The Hall–Kier alpha value is -0.870. The molecule has 1 amide bonds. The van der Waals surface area contributed by atoms with Gasteiger partial charge in [0, 0.05) is 16.2 Å². The Balaban J connectivity index is 1.93. The Morgan fingerprint density at radius 2 is 2.21 bits per heavy atom. The van der Waals surface area contributed by atoms with Gasteiger partial charge in [-0.25, -0.2) is 0 Å². The zero-order chi connectivity index (χ0) is 14.0. The summed E-state index contributed by atoms with van der Waals surface area (Å²) in [4.78, 5) is 14.7. The summed E-state index contributed by atoms with van der Waals surface area (Å²) < 4.78 is 0. The van der Waals surface area contributed by atoms with Crippen molar-refractivity contribution in [3.63, 3.8) is 0 Å². The summed E-state index contributed by atoms with van der Waals surface area (Å²) in [7, 11) is 0. The highest BCUT2D eigenvalue weighted by atomic mass is 32.1. The van der Waals surface area contributed by atoms with Gasteiger partial charge >= 0.3 is 0 Å². The Labute approximate surface area is 119 Å². The number of nitrogens with one attached hydrogen (secondary N) is 1. The van der Waals surface area contributed by atoms with E-state index in [-0.39, 0.29) is 17.4 Å². The predicted octanol–water partition coefficient (Wildman–Crippen LogP) is 3.06. The largest absolute Gasteiger partial charge is 0.350 e. The molecule has 1 aromatic rings. The van der Waals surface area contributed by atoms with Crippen LogP contribution >= 0.6 is 11.3 Å². The minimum atomic E-state index is 0.0867. The minimum Gasteiger partial charge on any atom is -0.350 e. The highest BCUT2D eigenvalue weighted by Crippen LogP contribution is 2.43. The molecule has 4 heteroatoms. The van der Waals surface area contributed by atoms with Crippen LogP contribution in [0.4, 0.5) is 0 Å². The molecule has 1 aliphatic rings. The number of rotatable bonds is 5. The van der Waals surface area contributed by atoms with Crippen molar-refractivity contribution in [1.29, 1.82) is 0 Å². The fourth-order valence-electron chi connectivity index (χ4n) is 2.92. The number of nitrogens with two attached hydrogens (primary N) is 1. The summed E-state index contributed by atoms with van der Waals surface area (Å²) in [5, 5.41) is 3.12. The second kappa shape index (κ2) is 5.63. The van der Waals surface area contributed by atoms with Gasteiger partial charge in [-0.2, -0.15) is 0 Å². The van der Waals surface area contributed by atoms with Crippen LogP contribution in [0.5, 0.6) is 0 Å². The van der Waals surface area contributed by atoms with Gasteiger partial charge in [0.15, 0.2) is 0 Å². The van der Waals surface area contributed by atoms with E-state index in [0.717, 1.165) is 12.8 Å². The highest BCUT2D eigenvalue weighted by Gasteiger charge is 2.37. The normalized spacial score (nSPS) is 18.7. The van der Waals surface area contributed by atoms with Crippen LogP contribution < -0.4 is 11.1 Å². The van der Waals surface area contributed by atoms with Gasteiger partial charge in [-0.05, 0) is 57.2 Å². The van der Waals surface area contributed by atoms with Crippen LogP contribution in [0.1, 0.15) is 54.0 Å². The van der Waals surface area contributed by atoms with Crippen molar-refractivity contribution in [2.45, 2.75) is 52.5 Å². The summed E-state index contributed by atoms with van der Waals surface area (Å²) in [5.41, 5.74) is 7.14. The standard InChI is InChI=1S/C15H24N2OS/c1-10-7-13(12(3)19-10)11(2)17-14(18)8-15(9-16)5-4-6-15/h7,11H,4-6,8-9,16H2,1-3H3,(H,17,18). The molecule has 1 unspecified atom stereocenters. The van der Waals surface area contributed by atoms with Gasteiger partial charge in [0.2, 0.25) is 5.91 Å². The van der Waals surface area contributed by atoms with E-state index in [0.29, 0.717) is 13.0 Å². The van der Waals surface area contributed by atoms with Crippen LogP contribution in [0, 0.1) is 19.3 Å². The first-order valence-electron chi connectivity index (χ1n) is 7.02. The lowest BCUT2D eigenvalue weighted by atomic mass is 9.66. The van der Waals surface area contributed by atoms with E-state index >= 15 is 0 Å². The van der Waals surface area contributed by atoms with E-state index in [1.54, 1.807) is 11.3 Å². The van der Waals surface area contributed by atoms with E-state index in [4.69, 9.17) is 5.73 Å². The smallest absolute Gasteiger partial charge is 0.221 e. The summed E-state index contributed by atoms with van der Waals surface area (Å²) in [5.74, 6) is 0.140. The third-order valence-electron chi connectivity index (χ3n) is 4.31. The van der Waals surface area contributed by atoms with Gasteiger partial charge in [0.25, 0.3) is 0 Å². The molecule has 0 spiro atoms. The number of hydrogen-bond acceptors (Lipinski definition) is 3. The molecule has 1 saturated carbocycles. The van der Waals surface area contributed by atoms with E-state index in [1.165, 1.54) is 21.7 Å². The van der Waals surface area contributed by atoms with Gasteiger partial charge in [-0.3, -0.25) is 4.79 Å². The lowest BCUT2D eigenvalue weighted by Gasteiger charge is -2.40. The SMILES string of the molecule is Cc1cc(C(C)NC(=O)CC2(CN)CCC2)c(C)s1. The molecule has 1 atom stereocenters. The first-order valence-corrected chi connectivity index (χ1v) is 7.84. The molecular formula is C15H24N2OS. The zero-order valence-corrected chi connectivity index (χ0v) is 12.9. The molecule has 1 aliphatic carbocycles. The molecule has 0 radical (unpaired) electrons. The zero-order valence-electron chi connectivity index (χ0n) is 12.1. The maximum atomic E-state index is 12.1. The topological polar surface area (TPSA) is 55.1 Å². The molecule has 3 nitrogen and oxygen atoms in total. The average Bonchev–Trinajstić information content (AvgIpc) is 2.63. The molecule has 19 heavy (non-hydrogen) atoms. The first kappa shape index (κ1) is 14.5. The molecule has 1 heterocycles. The Morgan fingerprint density at radius 3 is 2.63 bits per heavy atom. The lowest BCUT2D eigenvalue weighted by Crippen LogP contribution is -2.42. The van der Waals surface area contributed by atoms with Crippen LogP contribution in [0.15, 0.2) is 6.07 Å². The Kier molecular flexibility index (Phi) is 4.31. The second-order valence-corrected chi connectivity index (χ2v) is 7.35. The molecule has 0 aliphatic heterocycles. The molecular weight excluding hydrogens is 256 g/mol. The number of amides is 1. The van der Waals surface area contributed by atoms with Gasteiger partial charge in [0.05, 0.1) is 6.04 Å². The van der Waals surface area contributed by atoms with Gasteiger partial charge in [-0.1, -0.05) is 6.42 Å². The van der Waals surface area contributed by atoms with Crippen LogP contribution in [0.25, 0.3) is 0 Å². The fraction of sp³-hybridized carbons (Fsp3) is 0.667. The van der Waals surface area contributed by atoms with E-state index in [1.807, 2.05) is 0 Å². The Bertz CT molecular complexity index is 457. The third-order valence-corrected chi connectivity index (χ3v) is 5.29. The Morgan fingerprint density at radius 1 is 1.53 bits per heavy atom. The summed E-state index contributed by atoms with van der Waals surface area (Å²) in [6.07, 6.45) is 3.99. The molecule has 1 aromatic heterocycles.